The summed E-state index contributed by atoms with van der Waals surface area (Å²) in [6.45, 7) is 1.75. The van der Waals surface area contributed by atoms with Crippen LogP contribution >= 0.6 is 0 Å². The average molecular weight is 328 g/mol. The van der Waals surface area contributed by atoms with E-state index in [1.54, 1.807) is 0 Å². The molecule has 2 atom stereocenters. The van der Waals surface area contributed by atoms with Crippen LogP contribution in [-0.2, 0) is 4.79 Å². The van der Waals surface area contributed by atoms with Gasteiger partial charge in [-0.2, -0.15) is 4.98 Å². The molecule has 0 unspecified atom stereocenters. The predicted molar refractivity (Wildman–Crippen MR) is 94.2 cm³/mol. The lowest BCUT2D eigenvalue weighted by molar-refractivity contribution is -0.128. The fourth-order valence-corrected chi connectivity index (χ4v) is 4.13. The van der Waals surface area contributed by atoms with Crippen molar-refractivity contribution in [3.63, 3.8) is 0 Å². The number of benzene rings is 1. The van der Waals surface area contributed by atoms with Gasteiger partial charge in [0.2, 0.25) is 5.91 Å². The van der Waals surface area contributed by atoms with Crippen LogP contribution in [0.2, 0.25) is 0 Å². The van der Waals surface area contributed by atoms with E-state index in [-0.39, 0.29) is 11.3 Å². The molecule has 2 aromatic rings. The fourth-order valence-electron chi connectivity index (χ4n) is 4.13. The van der Waals surface area contributed by atoms with E-state index in [1.165, 1.54) is 6.42 Å². The molecule has 1 saturated carbocycles. The number of anilines is 2. The van der Waals surface area contributed by atoms with E-state index in [0.717, 1.165) is 49.1 Å². The molecule has 128 valence electrons. The molecule has 1 aromatic carbocycles. The normalized spacial score (nSPS) is 26.3. The number of amides is 1. The molecule has 6 heteroatoms. The highest BCUT2D eigenvalue weighted by atomic mass is 16.4. The van der Waals surface area contributed by atoms with Crippen LogP contribution < -0.4 is 15.5 Å². The number of fused-ring (bicyclic) bond motifs is 2. The fraction of sp³-hybridized carbons (Fsp3) is 0.556. The maximum Gasteiger partial charge on any atom is 0.297 e. The molecule has 2 aliphatic rings. The minimum Gasteiger partial charge on any atom is -0.423 e. The van der Waals surface area contributed by atoms with Crippen molar-refractivity contribution in [1.29, 1.82) is 0 Å². The number of nitrogens with one attached hydrogen (secondary N) is 2. The standard InChI is InChI=1S/C18H24N4O2/c1-22(2)17-21-14-9-13(6-7-15(14)24-17)20-16(23)18-8-4-3-5-12(18)10-19-11-18/h6-7,9,12,19H,3-5,8,10-11H2,1-2H3,(H,20,23)/t12-,18+/m0/s1. The summed E-state index contributed by atoms with van der Waals surface area (Å²) in [5.41, 5.74) is 2.04. The van der Waals surface area contributed by atoms with Crippen molar-refractivity contribution in [1.82, 2.24) is 10.3 Å². The van der Waals surface area contributed by atoms with E-state index < -0.39 is 0 Å². The Labute approximate surface area is 141 Å². The van der Waals surface area contributed by atoms with Crippen LogP contribution in [0.15, 0.2) is 22.6 Å². The summed E-state index contributed by atoms with van der Waals surface area (Å²) in [5.74, 6) is 0.607. The van der Waals surface area contributed by atoms with Gasteiger partial charge in [0, 0.05) is 26.3 Å². The molecular formula is C18H24N4O2. The molecule has 4 rings (SSSR count). The van der Waals surface area contributed by atoms with Gasteiger partial charge >= 0.3 is 0 Å². The molecule has 1 aliphatic heterocycles. The molecule has 0 spiro atoms. The number of hydrogen-bond donors (Lipinski definition) is 2. The molecule has 0 radical (unpaired) electrons. The first-order valence-corrected chi connectivity index (χ1v) is 8.69. The van der Waals surface area contributed by atoms with E-state index >= 15 is 0 Å². The number of oxazole rings is 1. The SMILES string of the molecule is CN(C)c1nc2cc(NC(=O)[C@@]34CCCC[C@H]3CNC4)ccc2o1. The van der Waals surface area contributed by atoms with Crippen LogP contribution in [0, 0.1) is 11.3 Å². The summed E-state index contributed by atoms with van der Waals surface area (Å²) < 4.78 is 5.67. The van der Waals surface area contributed by atoms with Gasteiger partial charge in [0.25, 0.3) is 6.01 Å². The Morgan fingerprint density at radius 2 is 2.29 bits per heavy atom. The second-order valence-electron chi connectivity index (χ2n) is 7.26. The van der Waals surface area contributed by atoms with Gasteiger partial charge in [0.05, 0.1) is 5.41 Å². The van der Waals surface area contributed by atoms with Crippen molar-refractivity contribution >= 4 is 28.7 Å². The smallest absolute Gasteiger partial charge is 0.297 e. The highest BCUT2D eigenvalue weighted by molar-refractivity contribution is 5.97. The molecular weight excluding hydrogens is 304 g/mol. The van der Waals surface area contributed by atoms with Crippen molar-refractivity contribution in [3.05, 3.63) is 18.2 Å². The third kappa shape index (κ3) is 2.45. The number of hydrogen-bond acceptors (Lipinski definition) is 5. The van der Waals surface area contributed by atoms with Crippen molar-refractivity contribution < 1.29 is 9.21 Å². The first-order chi connectivity index (χ1) is 11.6. The zero-order chi connectivity index (χ0) is 16.7. The van der Waals surface area contributed by atoms with Gasteiger partial charge in [-0.15, -0.1) is 0 Å². The molecule has 1 saturated heterocycles. The van der Waals surface area contributed by atoms with Gasteiger partial charge in [0.1, 0.15) is 5.52 Å². The predicted octanol–water partition coefficient (Wildman–Crippen LogP) is 2.61. The highest BCUT2D eigenvalue weighted by Gasteiger charge is 2.49. The number of aromatic nitrogens is 1. The second kappa shape index (κ2) is 5.77. The third-order valence-corrected chi connectivity index (χ3v) is 5.51. The molecule has 1 aliphatic carbocycles. The first kappa shape index (κ1) is 15.4. The van der Waals surface area contributed by atoms with Crippen molar-refractivity contribution in [2.24, 2.45) is 11.3 Å². The summed E-state index contributed by atoms with van der Waals surface area (Å²) in [6, 6.07) is 6.22. The van der Waals surface area contributed by atoms with Gasteiger partial charge in [-0.1, -0.05) is 12.8 Å². The molecule has 2 fully saturated rings. The Kier molecular flexibility index (Phi) is 3.72. The molecule has 2 N–H and O–H groups in total. The van der Waals surface area contributed by atoms with Crippen LogP contribution in [0.5, 0.6) is 0 Å². The number of rotatable bonds is 3. The van der Waals surface area contributed by atoms with E-state index in [0.29, 0.717) is 11.9 Å². The Balaban J connectivity index is 1.58. The summed E-state index contributed by atoms with van der Waals surface area (Å²) >= 11 is 0. The van der Waals surface area contributed by atoms with Gasteiger partial charge in [-0.05, 0) is 43.5 Å². The number of carbonyl (C=O) groups excluding carboxylic acids is 1. The van der Waals surface area contributed by atoms with Gasteiger partial charge < -0.3 is 20.0 Å². The van der Waals surface area contributed by atoms with Crippen molar-refractivity contribution in [2.45, 2.75) is 25.7 Å². The van der Waals surface area contributed by atoms with Crippen molar-refractivity contribution in [2.75, 3.05) is 37.4 Å². The molecule has 24 heavy (non-hydrogen) atoms. The summed E-state index contributed by atoms with van der Waals surface area (Å²) in [6.07, 6.45) is 4.50. The monoisotopic (exact) mass is 328 g/mol. The Morgan fingerprint density at radius 1 is 1.42 bits per heavy atom. The highest BCUT2D eigenvalue weighted by Crippen LogP contribution is 2.44. The topological polar surface area (TPSA) is 70.4 Å². The van der Waals surface area contributed by atoms with Crippen LogP contribution in [-0.4, -0.2) is 38.1 Å². The zero-order valence-corrected chi connectivity index (χ0v) is 14.3. The minimum atomic E-state index is -0.244. The molecule has 0 bridgehead atoms. The first-order valence-electron chi connectivity index (χ1n) is 8.69. The lowest BCUT2D eigenvalue weighted by atomic mass is 9.67. The van der Waals surface area contributed by atoms with Gasteiger partial charge in [0.15, 0.2) is 5.58 Å². The van der Waals surface area contributed by atoms with E-state index in [1.807, 2.05) is 37.2 Å². The summed E-state index contributed by atoms with van der Waals surface area (Å²) in [4.78, 5) is 19.3. The van der Waals surface area contributed by atoms with E-state index in [9.17, 15) is 4.79 Å². The number of nitrogens with zero attached hydrogens (tertiary/aromatic N) is 2. The van der Waals surface area contributed by atoms with Crippen LogP contribution in [0.25, 0.3) is 11.1 Å². The zero-order valence-electron chi connectivity index (χ0n) is 14.3. The maximum absolute atomic E-state index is 13.0. The Hall–Kier alpha value is -2.08. The maximum atomic E-state index is 13.0. The van der Waals surface area contributed by atoms with Crippen LogP contribution in [0.4, 0.5) is 11.7 Å². The number of carbonyl (C=O) groups is 1. The van der Waals surface area contributed by atoms with Gasteiger partial charge in [-0.3, -0.25) is 4.79 Å². The largest absolute Gasteiger partial charge is 0.423 e. The summed E-state index contributed by atoms with van der Waals surface area (Å²) in [5, 5.41) is 6.55. The van der Waals surface area contributed by atoms with Crippen LogP contribution in [0.1, 0.15) is 25.7 Å². The lowest BCUT2D eigenvalue weighted by Gasteiger charge is -2.37. The Bertz CT molecular complexity index is 769. The molecule has 1 amide bonds. The summed E-state index contributed by atoms with van der Waals surface area (Å²) in [7, 11) is 3.78. The second-order valence-corrected chi connectivity index (χ2v) is 7.26. The van der Waals surface area contributed by atoms with E-state index in [4.69, 9.17) is 4.42 Å². The molecule has 1 aromatic heterocycles. The third-order valence-electron chi connectivity index (χ3n) is 5.51. The lowest BCUT2D eigenvalue weighted by Crippen LogP contribution is -2.44. The minimum absolute atomic E-state index is 0.146. The quantitative estimate of drug-likeness (QED) is 0.906. The van der Waals surface area contributed by atoms with Gasteiger partial charge in [-0.25, -0.2) is 0 Å². The molecule has 6 nitrogen and oxygen atoms in total. The average Bonchev–Trinajstić information content (AvgIpc) is 3.19. The Morgan fingerprint density at radius 3 is 3.12 bits per heavy atom. The van der Waals surface area contributed by atoms with Crippen molar-refractivity contribution in [3.8, 4) is 0 Å². The van der Waals surface area contributed by atoms with Crippen LogP contribution in [0.3, 0.4) is 0 Å². The van der Waals surface area contributed by atoms with E-state index in [2.05, 4.69) is 15.6 Å². The molecule has 2 heterocycles.